The molecule has 2 aromatic heterocycles. The number of ether oxygens (including phenoxy) is 1. The lowest BCUT2D eigenvalue weighted by Gasteiger charge is -2.44. The Hall–Kier alpha value is -4.32. The summed E-state index contributed by atoms with van der Waals surface area (Å²) < 4.78 is 45.4. The third kappa shape index (κ3) is 6.94. The molecule has 2 fully saturated rings. The molecule has 5 heterocycles. The number of amides is 1. The van der Waals surface area contributed by atoms with E-state index in [4.69, 9.17) is 15.1 Å². The summed E-state index contributed by atoms with van der Waals surface area (Å²) >= 11 is 0. The molecule has 0 radical (unpaired) electrons. The number of fused-ring (bicyclic) bond motifs is 1. The number of anilines is 2. The maximum Gasteiger partial charge on any atom is 0.265 e. The zero-order chi connectivity index (χ0) is 33.4. The first-order valence-electron chi connectivity index (χ1n) is 15.8. The van der Waals surface area contributed by atoms with E-state index in [1.54, 1.807) is 18.2 Å². The van der Waals surface area contributed by atoms with Crippen LogP contribution in [0.3, 0.4) is 0 Å². The van der Waals surface area contributed by atoms with Crippen molar-refractivity contribution < 1.29 is 28.0 Å². The topological polar surface area (TPSA) is 167 Å². The highest BCUT2D eigenvalue weighted by atomic mass is 32.2. The number of hydrogen-bond acceptors (Lipinski definition) is 9. The van der Waals surface area contributed by atoms with Gasteiger partial charge in [0.1, 0.15) is 29.3 Å². The Kier molecular flexibility index (Phi) is 10.5. The minimum atomic E-state index is -0.856. The van der Waals surface area contributed by atoms with Crippen molar-refractivity contribution in [3.63, 3.8) is 0 Å². The molecule has 0 bridgehead atoms. The van der Waals surface area contributed by atoms with E-state index in [2.05, 4.69) is 42.0 Å². The van der Waals surface area contributed by atoms with Crippen LogP contribution in [0.2, 0.25) is 0 Å². The average Bonchev–Trinajstić information content (AvgIpc) is 3.02. The summed E-state index contributed by atoms with van der Waals surface area (Å²) in [6.45, 7) is 7.54. The predicted octanol–water partition coefficient (Wildman–Crippen LogP) is 3.84. The molecular formula is C34H39F2N7O4S. The second-order valence-corrected chi connectivity index (χ2v) is 14.4. The van der Waals surface area contributed by atoms with Gasteiger partial charge in [-0.3, -0.25) is 23.8 Å². The average molecular weight is 680 g/mol. The van der Waals surface area contributed by atoms with Crippen LogP contribution in [-0.2, 0) is 28.6 Å². The van der Waals surface area contributed by atoms with E-state index in [0.29, 0.717) is 57.7 Å². The van der Waals surface area contributed by atoms with E-state index in [1.807, 2.05) is 0 Å². The van der Waals surface area contributed by atoms with Gasteiger partial charge in [0.05, 0.1) is 35.4 Å². The SMILES string of the molecule is CC(C)Cc1nc(N[C@@H]2CCN(C3CS(=O)C3)C[C@H]2C)c(C=N)c(-c2ccc3c(c2)OCC(=O)N3Cc2ncc(F)cc2F)c1C#N.O. The molecule has 254 valence electrons. The highest BCUT2D eigenvalue weighted by Crippen LogP contribution is 2.41. The Morgan fingerprint density at radius 3 is 2.67 bits per heavy atom. The van der Waals surface area contributed by atoms with Gasteiger partial charge >= 0.3 is 0 Å². The number of hydrogen-bond donors (Lipinski definition) is 2. The maximum absolute atomic E-state index is 14.5. The van der Waals surface area contributed by atoms with Crippen molar-refractivity contribution in [2.45, 2.75) is 52.2 Å². The molecule has 1 aromatic carbocycles. The van der Waals surface area contributed by atoms with Crippen LogP contribution in [-0.4, -0.2) is 80.0 Å². The van der Waals surface area contributed by atoms with Crippen molar-refractivity contribution in [1.29, 1.82) is 10.7 Å². The van der Waals surface area contributed by atoms with Crippen molar-refractivity contribution in [3.8, 4) is 22.9 Å². The number of nitrogens with one attached hydrogen (secondary N) is 2. The molecule has 3 aromatic rings. The first-order valence-corrected chi connectivity index (χ1v) is 17.3. The molecule has 2 atom stereocenters. The molecule has 0 spiro atoms. The van der Waals surface area contributed by atoms with Gasteiger partial charge in [-0.25, -0.2) is 13.8 Å². The molecule has 3 aliphatic heterocycles. The quantitative estimate of drug-likeness (QED) is 0.322. The van der Waals surface area contributed by atoms with Gasteiger partial charge in [-0.15, -0.1) is 0 Å². The molecule has 0 unspecified atom stereocenters. The number of piperidine rings is 1. The Bertz CT molecular complexity index is 1790. The lowest BCUT2D eigenvalue weighted by molar-refractivity contribution is -0.121. The number of carbonyl (C=O) groups is 1. The first-order chi connectivity index (χ1) is 22.6. The molecule has 4 N–H and O–H groups in total. The zero-order valence-corrected chi connectivity index (χ0v) is 27.9. The molecule has 11 nitrogen and oxygen atoms in total. The summed E-state index contributed by atoms with van der Waals surface area (Å²) in [5.41, 5.74) is 2.91. The zero-order valence-electron chi connectivity index (χ0n) is 27.1. The Morgan fingerprint density at radius 1 is 1.25 bits per heavy atom. The van der Waals surface area contributed by atoms with E-state index in [-0.39, 0.29) is 42.2 Å². The van der Waals surface area contributed by atoms with Crippen LogP contribution in [0.25, 0.3) is 11.1 Å². The summed E-state index contributed by atoms with van der Waals surface area (Å²) in [6, 6.07) is 8.67. The predicted molar refractivity (Wildman–Crippen MR) is 180 cm³/mol. The van der Waals surface area contributed by atoms with Gasteiger partial charge in [-0.2, -0.15) is 5.26 Å². The normalized spacial score (nSPS) is 22.2. The first kappa shape index (κ1) is 35.0. The summed E-state index contributed by atoms with van der Waals surface area (Å²) in [7, 11) is -0.705. The van der Waals surface area contributed by atoms with Crippen molar-refractivity contribution in [2.75, 3.05) is 41.4 Å². The molecule has 6 rings (SSSR count). The van der Waals surface area contributed by atoms with Crippen LogP contribution in [0.5, 0.6) is 5.75 Å². The number of aromatic nitrogens is 2. The van der Waals surface area contributed by atoms with E-state index in [9.17, 15) is 23.0 Å². The molecule has 1 amide bonds. The fourth-order valence-electron chi connectivity index (χ4n) is 6.59. The molecule has 14 heteroatoms. The highest BCUT2D eigenvalue weighted by Gasteiger charge is 2.36. The maximum atomic E-state index is 14.5. The number of nitriles is 1. The standard InChI is InChI=1S/C34H37F2N7O3S.H2O/c1-19(2)8-28-24(11-37)33(25(12-38)34(41-28)40-27-6-7-42(14-20(27)3)23-17-47(45)18-23)21-4-5-30-31(9-21)46-16-32(44)43(30)15-29-26(36)10-22(35)13-39-29;/h4-5,9-10,12-13,19-20,23,27,38H,6-8,14-18H2,1-3H3,(H,40,41);1H2/t20-,23?,27-,47?;/m1./s1. The summed E-state index contributed by atoms with van der Waals surface area (Å²) in [6.07, 6.45) is 3.53. The number of benzene rings is 1. The number of nitrogens with zero attached hydrogens (tertiary/aromatic N) is 5. The van der Waals surface area contributed by atoms with Gasteiger partial charge in [0.25, 0.3) is 5.91 Å². The van der Waals surface area contributed by atoms with Crippen molar-refractivity contribution in [2.24, 2.45) is 11.8 Å². The van der Waals surface area contributed by atoms with Crippen LogP contribution in [0, 0.1) is 40.2 Å². The molecular weight excluding hydrogens is 640 g/mol. The third-order valence-electron chi connectivity index (χ3n) is 9.08. The van der Waals surface area contributed by atoms with Crippen LogP contribution < -0.4 is 15.0 Å². The lowest BCUT2D eigenvalue weighted by atomic mass is 9.90. The minimum Gasteiger partial charge on any atom is -0.482 e. The summed E-state index contributed by atoms with van der Waals surface area (Å²) in [5, 5.41) is 22.5. The molecule has 3 aliphatic rings. The largest absolute Gasteiger partial charge is 0.482 e. The number of rotatable bonds is 9. The van der Waals surface area contributed by atoms with Gasteiger partial charge in [-0.1, -0.05) is 26.8 Å². The highest BCUT2D eigenvalue weighted by molar-refractivity contribution is 7.86. The van der Waals surface area contributed by atoms with E-state index < -0.39 is 28.3 Å². The third-order valence-corrected chi connectivity index (χ3v) is 10.6. The van der Waals surface area contributed by atoms with Gasteiger partial charge in [0.15, 0.2) is 6.61 Å². The number of likely N-dealkylation sites (tertiary alicyclic amines) is 1. The van der Waals surface area contributed by atoms with E-state index >= 15 is 0 Å². The minimum absolute atomic E-state index is 0. The Morgan fingerprint density at radius 2 is 2.02 bits per heavy atom. The summed E-state index contributed by atoms with van der Waals surface area (Å²) in [4.78, 5) is 25.4. The molecule has 0 saturated carbocycles. The van der Waals surface area contributed by atoms with Crippen LogP contribution in [0.15, 0.2) is 30.5 Å². The number of halogens is 2. The molecule has 2 saturated heterocycles. The second-order valence-electron chi connectivity index (χ2n) is 12.9. The lowest BCUT2D eigenvalue weighted by Crippen LogP contribution is -2.56. The van der Waals surface area contributed by atoms with Crippen molar-refractivity contribution >= 4 is 34.4 Å². The summed E-state index contributed by atoms with van der Waals surface area (Å²) in [5.74, 6) is 0.758. The molecule has 0 aliphatic carbocycles. The fraction of sp³-hybridized carbons (Fsp3) is 0.441. The number of carbonyl (C=O) groups excluding carboxylic acids is 1. The van der Waals surface area contributed by atoms with E-state index in [1.165, 1.54) is 11.1 Å². The smallest absolute Gasteiger partial charge is 0.265 e. The Labute approximate surface area is 280 Å². The van der Waals surface area contributed by atoms with Gasteiger partial charge in [0, 0.05) is 70.9 Å². The van der Waals surface area contributed by atoms with Crippen LogP contribution in [0.4, 0.5) is 20.3 Å². The van der Waals surface area contributed by atoms with Crippen molar-refractivity contribution in [1.82, 2.24) is 14.9 Å². The van der Waals surface area contributed by atoms with Crippen LogP contribution in [0.1, 0.15) is 49.7 Å². The number of pyridine rings is 2. The second kappa shape index (κ2) is 14.4. The van der Waals surface area contributed by atoms with E-state index in [0.717, 1.165) is 43.3 Å². The van der Waals surface area contributed by atoms with Gasteiger partial charge in [0.2, 0.25) is 0 Å². The molecule has 48 heavy (non-hydrogen) atoms. The monoisotopic (exact) mass is 679 g/mol. The Balaban J connectivity index is 0.00000451. The van der Waals surface area contributed by atoms with Gasteiger partial charge in [-0.05, 0) is 42.4 Å². The van der Waals surface area contributed by atoms with Gasteiger partial charge < -0.3 is 20.9 Å². The fourth-order valence-corrected chi connectivity index (χ4v) is 7.77. The van der Waals surface area contributed by atoms with Crippen LogP contribution >= 0.6 is 0 Å². The van der Waals surface area contributed by atoms with Crippen molar-refractivity contribution in [3.05, 3.63) is 64.6 Å².